The Labute approximate surface area is 133 Å². The van der Waals surface area contributed by atoms with Crippen molar-refractivity contribution in [3.05, 3.63) is 52.0 Å². The second kappa shape index (κ2) is 6.13. The van der Waals surface area contributed by atoms with Crippen molar-refractivity contribution in [1.29, 1.82) is 0 Å². The minimum Gasteiger partial charge on any atom is -0.497 e. The molecule has 0 heterocycles. The maximum absolute atomic E-state index is 12.5. The number of sulfone groups is 1. The number of nitrogens with two attached hydrogens (primary N) is 1. The fourth-order valence-electron chi connectivity index (χ4n) is 1.85. The third-order valence-corrected chi connectivity index (χ3v) is 5.51. The van der Waals surface area contributed by atoms with Gasteiger partial charge in [0.25, 0.3) is 0 Å². The average Bonchev–Trinajstić information content (AvgIpc) is 2.44. The first kappa shape index (κ1) is 15.9. The summed E-state index contributed by atoms with van der Waals surface area (Å²) in [7, 11) is -2.21. The van der Waals surface area contributed by atoms with Gasteiger partial charge in [-0.05, 0) is 23.8 Å². The summed E-state index contributed by atoms with van der Waals surface area (Å²) in [6.07, 6.45) is 0. The Morgan fingerprint density at radius 1 is 1.19 bits per heavy atom. The fraction of sp³-hybridized carbons (Fsp3) is 0.143. The van der Waals surface area contributed by atoms with Gasteiger partial charge in [-0.2, -0.15) is 0 Å². The Bertz CT molecular complexity index is 776. The molecule has 0 bridgehead atoms. The smallest absolute Gasteiger partial charge is 0.184 e. The van der Waals surface area contributed by atoms with E-state index in [9.17, 15) is 8.42 Å². The van der Waals surface area contributed by atoms with Crippen molar-refractivity contribution in [1.82, 2.24) is 0 Å². The van der Waals surface area contributed by atoms with Gasteiger partial charge in [-0.25, -0.2) is 8.42 Å². The van der Waals surface area contributed by atoms with Crippen LogP contribution in [-0.2, 0) is 15.6 Å². The third kappa shape index (κ3) is 3.43. The van der Waals surface area contributed by atoms with Gasteiger partial charge in [0, 0.05) is 6.07 Å². The first-order chi connectivity index (χ1) is 9.85. The highest BCUT2D eigenvalue weighted by atomic mass is 35.5. The molecule has 4 nitrogen and oxygen atoms in total. The van der Waals surface area contributed by atoms with Crippen molar-refractivity contribution in [2.45, 2.75) is 10.6 Å². The number of nitrogen functional groups attached to an aromatic ring is 1. The summed E-state index contributed by atoms with van der Waals surface area (Å²) in [4.78, 5) is 0.0119. The van der Waals surface area contributed by atoms with E-state index in [1.54, 1.807) is 24.3 Å². The molecule has 0 saturated carbocycles. The molecule has 2 aromatic rings. The minimum absolute atomic E-state index is 0.0119. The predicted molar refractivity (Wildman–Crippen MR) is 84.8 cm³/mol. The van der Waals surface area contributed by atoms with Crippen LogP contribution in [0.25, 0.3) is 0 Å². The van der Waals surface area contributed by atoms with Crippen LogP contribution in [0.4, 0.5) is 5.69 Å². The van der Waals surface area contributed by atoms with E-state index in [0.29, 0.717) is 16.3 Å². The van der Waals surface area contributed by atoms with Gasteiger partial charge in [-0.3, -0.25) is 0 Å². The molecule has 0 saturated heterocycles. The SMILES string of the molecule is COc1ccc(N)c(S(=O)(=O)Cc2cccc(Cl)c2Cl)c1. The highest BCUT2D eigenvalue weighted by molar-refractivity contribution is 7.90. The van der Waals surface area contributed by atoms with E-state index in [4.69, 9.17) is 33.7 Å². The number of methoxy groups -OCH3 is 1. The number of hydrogen-bond acceptors (Lipinski definition) is 4. The molecule has 0 aromatic heterocycles. The van der Waals surface area contributed by atoms with Crippen molar-refractivity contribution < 1.29 is 13.2 Å². The van der Waals surface area contributed by atoms with Crippen molar-refractivity contribution >= 4 is 38.7 Å². The van der Waals surface area contributed by atoms with Gasteiger partial charge >= 0.3 is 0 Å². The Kier molecular flexibility index (Phi) is 4.66. The van der Waals surface area contributed by atoms with Crippen LogP contribution < -0.4 is 10.5 Å². The van der Waals surface area contributed by atoms with Crippen molar-refractivity contribution in [2.24, 2.45) is 0 Å². The molecular formula is C14H13Cl2NO3S. The number of ether oxygens (including phenoxy) is 1. The lowest BCUT2D eigenvalue weighted by atomic mass is 10.2. The summed E-state index contributed by atoms with van der Waals surface area (Å²) in [5.41, 5.74) is 6.34. The molecule has 2 aromatic carbocycles. The fourth-order valence-corrected chi connectivity index (χ4v) is 3.85. The summed E-state index contributed by atoms with van der Waals surface area (Å²) in [5.74, 6) is 0.129. The molecule has 0 radical (unpaired) electrons. The molecule has 0 aliphatic heterocycles. The third-order valence-electron chi connectivity index (χ3n) is 2.93. The van der Waals surface area contributed by atoms with Crippen LogP contribution in [0.15, 0.2) is 41.3 Å². The van der Waals surface area contributed by atoms with E-state index in [0.717, 1.165) is 0 Å². The normalized spacial score (nSPS) is 11.4. The Morgan fingerprint density at radius 2 is 1.90 bits per heavy atom. The molecule has 2 N–H and O–H groups in total. The standard InChI is InChI=1S/C14H13Cl2NO3S/c1-20-10-5-6-12(17)13(7-10)21(18,19)8-9-3-2-4-11(15)14(9)16/h2-7H,8,17H2,1H3. The molecule has 0 spiro atoms. The summed E-state index contributed by atoms with van der Waals surface area (Å²) >= 11 is 11.9. The second-order valence-electron chi connectivity index (χ2n) is 4.38. The highest BCUT2D eigenvalue weighted by Gasteiger charge is 2.21. The van der Waals surface area contributed by atoms with Crippen LogP contribution in [0.3, 0.4) is 0 Å². The Balaban J connectivity index is 2.46. The molecular weight excluding hydrogens is 333 g/mol. The van der Waals surface area contributed by atoms with Crippen LogP contribution >= 0.6 is 23.2 Å². The van der Waals surface area contributed by atoms with Gasteiger partial charge in [0.1, 0.15) is 5.75 Å². The molecule has 0 unspecified atom stereocenters. The van der Waals surface area contributed by atoms with Crippen LogP contribution in [0.5, 0.6) is 5.75 Å². The average molecular weight is 346 g/mol. The van der Waals surface area contributed by atoms with E-state index in [1.165, 1.54) is 19.2 Å². The molecule has 0 fully saturated rings. The zero-order chi connectivity index (χ0) is 15.6. The van der Waals surface area contributed by atoms with E-state index >= 15 is 0 Å². The van der Waals surface area contributed by atoms with E-state index in [2.05, 4.69) is 0 Å². The van der Waals surface area contributed by atoms with Gasteiger partial charge in [0.2, 0.25) is 0 Å². The largest absolute Gasteiger partial charge is 0.497 e. The van der Waals surface area contributed by atoms with Gasteiger partial charge in [-0.15, -0.1) is 0 Å². The predicted octanol–water partition coefficient (Wildman–Crippen LogP) is 3.56. The molecule has 0 aliphatic carbocycles. The van der Waals surface area contributed by atoms with Crippen LogP contribution in [-0.4, -0.2) is 15.5 Å². The van der Waals surface area contributed by atoms with Crippen molar-refractivity contribution in [3.8, 4) is 5.75 Å². The van der Waals surface area contributed by atoms with Crippen LogP contribution in [0.1, 0.15) is 5.56 Å². The maximum Gasteiger partial charge on any atom is 0.184 e. The minimum atomic E-state index is -3.66. The number of halogens is 2. The van der Waals surface area contributed by atoms with E-state index < -0.39 is 9.84 Å². The van der Waals surface area contributed by atoms with Crippen LogP contribution in [0, 0.1) is 0 Å². The van der Waals surface area contributed by atoms with Crippen LogP contribution in [0.2, 0.25) is 10.0 Å². The number of hydrogen-bond donors (Lipinski definition) is 1. The molecule has 0 amide bonds. The zero-order valence-electron chi connectivity index (χ0n) is 11.1. The lowest BCUT2D eigenvalue weighted by Gasteiger charge is -2.11. The van der Waals surface area contributed by atoms with Gasteiger partial charge in [0.15, 0.2) is 9.84 Å². The van der Waals surface area contributed by atoms with Gasteiger partial charge < -0.3 is 10.5 Å². The van der Waals surface area contributed by atoms with E-state index in [-0.39, 0.29) is 21.4 Å². The molecule has 2 rings (SSSR count). The molecule has 7 heteroatoms. The van der Waals surface area contributed by atoms with Gasteiger partial charge in [-0.1, -0.05) is 35.3 Å². The molecule has 21 heavy (non-hydrogen) atoms. The monoisotopic (exact) mass is 345 g/mol. The summed E-state index contributed by atoms with van der Waals surface area (Å²) in [5, 5.41) is 0.534. The summed E-state index contributed by atoms with van der Waals surface area (Å²) < 4.78 is 30.1. The number of anilines is 1. The van der Waals surface area contributed by atoms with Crippen molar-refractivity contribution in [3.63, 3.8) is 0 Å². The lowest BCUT2D eigenvalue weighted by Crippen LogP contribution is -2.08. The lowest BCUT2D eigenvalue weighted by molar-refractivity contribution is 0.413. The Hall–Kier alpha value is -1.43. The number of rotatable bonds is 4. The van der Waals surface area contributed by atoms with Crippen molar-refractivity contribution in [2.75, 3.05) is 12.8 Å². The van der Waals surface area contributed by atoms with Gasteiger partial charge in [0.05, 0.1) is 33.5 Å². The topological polar surface area (TPSA) is 69.4 Å². The number of benzene rings is 2. The van der Waals surface area contributed by atoms with E-state index in [1.807, 2.05) is 0 Å². The Morgan fingerprint density at radius 3 is 2.57 bits per heavy atom. The second-order valence-corrected chi connectivity index (χ2v) is 7.12. The maximum atomic E-state index is 12.5. The highest BCUT2D eigenvalue weighted by Crippen LogP contribution is 2.31. The first-order valence-corrected chi connectivity index (χ1v) is 8.35. The summed E-state index contributed by atoms with van der Waals surface area (Å²) in [6.45, 7) is 0. The quantitative estimate of drug-likeness (QED) is 0.860. The molecule has 0 atom stereocenters. The first-order valence-electron chi connectivity index (χ1n) is 5.94. The summed E-state index contributed by atoms with van der Waals surface area (Å²) in [6, 6.07) is 9.34. The molecule has 112 valence electrons. The zero-order valence-corrected chi connectivity index (χ0v) is 13.5. The molecule has 0 aliphatic rings.